The number of rotatable bonds is 6. The molecule has 4 rings (SSSR count). The minimum atomic E-state index is -0.262. The first-order chi connectivity index (χ1) is 13.8. The van der Waals surface area contributed by atoms with Crippen LogP contribution in [-0.2, 0) is 10.2 Å². The SMILES string of the molecule is O=C(NN=C/C=C/c1ccccc1)[C@@H]1CC1(c1ccccc1)c1ccccc1. The number of carbonyl (C=O) groups excluding carboxylic acids is 1. The van der Waals surface area contributed by atoms with Crippen molar-refractivity contribution in [2.75, 3.05) is 0 Å². The van der Waals surface area contributed by atoms with Crippen molar-refractivity contribution in [2.24, 2.45) is 11.0 Å². The highest BCUT2D eigenvalue weighted by Crippen LogP contribution is 2.58. The Balaban J connectivity index is 1.46. The van der Waals surface area contributed by atoms with E-state index in [0.29, 0.717) is 0 Å². The third-order valence-electron chi connectivity index (χ3n) is 5.28. The molecule has 1 N–H and O–H groups in total. The second-order valence-electron chi connectivity index (χ2n) is 6.98. The van der Waals surface area contributed by atoms with E-state index in [1.807, 2.05) is 78.9 Å². The smallest absolute Gasteiger partial charge is 0.244 e. The summed E-state index contributed by atoms with van der Waals surface area (Å²) >= 11 is 0. The van der Waals surface area contributed by atoms with Crippen LogP contribution in [0.25, 0.3) is 6.08 Å². The molecule has 1 atom stereocenters. The zero-order valence-electron chi connectivity index (χ0n) is 15.5. The first-order valence-corrected chi connectivity index (χ1v) is 9.46. The first kappa shape index (κ1) is 17.9. The van der Waals surface area contributed by atoms with Crippen molar-refractivity contribution in [1.29, 1.82) is 0 Å². The summed E-state index contributed by atoms with van der Waals surface area (Å²) in [6, 6.07) is 30.5. The number of allylic oxidation sites excluding steroid dienone is 1. The third-order valence-corrected chi connectivity index (χ3v) is 5.28. The average molecular weight is 366 g/mol. The summed E-state index contributed by atoms with van der Waals surface area (Å²) in [5.74, 6) is -0.162. The third kappa shape index (κ3) is 3.65. The topological polar surface area (TPSA) is 41.5 Å². The lowest BCUT2D eigenvalue weighted by Crippen LogP contribution is -2.25. The molecular formula is C25H22N2O. The minimum Gasteiger partial charge on any atom is -0.273 e. The lowest BCUT2D eigenvalue weighted by molar-refractivity contribution is -0.122. The van der Waals surface area contributed by atoms with E-state index in [2.05, 4.69) is 34.8 Å². The Morgan fingerprint density at radius 3 is 1.96 bits per heavy atom. The van der Waals surface area contributed by atoms with E-state index < -0.39 is 0 Å². The van der Waals surface area contributed by atoms with Crippen molar-refractivity contribution in [3.05, 3.63) is 114 Å². The maximum atomic E-state index is 12.8. The molecule has 28 heavy (non-hydrogen) atoms. The predicted molar refractivity (Wildman–Crippen MR) is 114 cm³/mol. The molecule has 1 aliphatic rings. The normalized spacial score (nSPS) is 17.6. The summed E-state index contributed by atoms with van der Waals surface area (Å²) in [4.78, 5) is 12.8. The van der Waals surface area contributed by atoms with Gasteiger partial charge in [0, 0.05) is 11.6 Å². The maximum Gasteiger partial charge on any atom is 0.244 e. The van der Waals surface area contributed by atoms with Crippen LogP contribution in [0.15, 0.2) is 102 Å². The van der Waals surface area contributed by atoms with Crippen molar-refractivity contribution in [2.45, 2.75) is 11.8 Å². The highest BCUT2D eigenvalue weighted by Gasteiger charge is 2.60. The number of hydrazone groups is 1. The van der Waals surface area contributed by atoms with E-state index in [4.69, 9.17) is 0 Å². The highest BCUT2D eigenvalue weighted by molar-refractivity contribution is 5.87. The molecule has 3 aromatic carbocycles. The van der Waals surface area contributed by atoms with Gasteiger partial charge in [-0.2, -0.15) is 5.10 Å². The van der Waals surface area contributed by atoms with Crippen LogP contribution in [-0.4, -0.2) is 12.1 Å². The van der Waals surface area contributed by atoms with Gasteiger partial charge in [-0.15, -0.1) is 0 Å². The molecule has 0 aromatic heterocycles. The summed E-state index contributed by atoms with van der Waals surface area (Å²) in [7, 11) is 0. The second-order valence-corrected chi connectivity index (χ2v) is 6.98. The maximum absolute atomic E-state index is 12.8. The van der Waals surface area contributed by atoms with Gasteiger partial charge in [0.25, 0.3) is 0 Å². The molecule has 0 spiro atoms. The molecule has 0 radical (unpaired) electrons. The van der Waals surface area contributed by atoms with Gasteiger partial charge in [-0.1, -0.05) is 97.1 Å². The number of nitrogens with one attached hydrogen (secondary N) is 1. The molecule has 1 saturated carbocycles. The number of carbonyl (C=O) groups is 1. The van der Waals surface area contributed by atoms with Crippen LogP contribution in [0.1, 0.15) is 23.1 Å². The number of amides is 1. The van der Waals surface area contributed by atoms with E-state index in [-0.39, 0.29) is 17.2 Å². The van der Waals surface area contributed by atoms with E-state index in [1.165, 1.54) is 11.1 Å². The molecule has 3 aromatic rings. The number of hydrogen-bond acceptors (Lipinski definition) is 2. The van der Waals surface area contributed by atoms with Gasteiger partial charge in [-0.3, -0.25) is 4.79 Å². The van der Waals surface area contributed by atoms with Gasteiger partial charge in [0.15, 0.2) is 0 Å². The van der Waals surface area contributed by atoms with Gasteiger partial charge in [0.1, 0.15) is 0 Å². The largest absolute Gasteiger partial charge is 0.273 e. The van der Waals surface area contributed by atoms with Crippen LogP contribution in [0, 0.1) is 5.92 Å². The number of hydrogen-bond donors (Lipinski definition) is 1. The number of nitrogens with zero attached hydrogens (tertiary/aromatic N) is 1. The Morgan fingerprint density at radius 2 is 1.39 bits per heavy atom. The molecule has 1 amide bonds. The van der Waals surface area contributed by atoms with E-state index >= 15 is 0 Å². The second kappa shape index (κ2) is 8.05. The average Bonchev–Trinajstić information content (AvgIpc) is 3.53. The molecule has 3 nitrogen and oxygen atoms in total. The standard InChI is InChI=1S/C25H22N2O/c28-24(27-26-18-10-13-20-11-4-1-5-12-20)23-19-25(23,21-14-6-2-7-15-21)22-16-8-3-9-17-22/h1-18,23H,19H2,(H,27,28)/b13-10+,26-18?/t23-/m0/s1. The fourth-order valence-electron chi connectivity index (χ4n) is 3.80. The van der Waals surface area contributed by atoms with E-state index in [1.54, 1.807) is 6.21 Å². The molecule has 1 fully saturated rings. The fourth-order valence-corrected chi connectivity index (χ4v) is 3.80. The zero-order valence-corrected chi connectivity index (χ0v) is 15.5. The molecule has 0 saturated heterocycles. The van der Waals surface area contributed by atoms with Gasteiger partial charge < -0.3 is 0 Å². The van der Waals surface area contributed by atoms with Crippen molar-refractivity contribution < 1.29 is 4.79 Å². The first-order valence-electron chi connectivity index (χ1n) is 9.46. The predicted octanol–water partition coefficient (Wildman–Crippen LogP) is 4.81. The Morgan fingerprint density at radius 1 is 0.857 bits per heavy atom. The van der Waals surface area contributed by atoms with Gasteiger partial charge in [-0.25, -0.2) is 5.43 Å². The van der Waals surface area contributed by atoms with Crippen LogP contribution in [0.5, 0.6) is 0 Å². The molecular weight excluding hydrogens is 344 g/mol. The molecule has 1 aliphatic carbocycles. The lowest BCUT2D eigenvalue weighted by atomic mass is 9.85. The number of benzene rings is 3. The molecule has 138 valence electrons. The van der Waals surface area contributed by atoms with E-state index in [9.17, 15) is 4.79 Å². The van der Waals surface area contributed by atoms with Crippen molar-refractivity contribution in [3.8, 4) is 0 Å². The molecule has 0 unspecified atom stereocenters. The Labute approximate surface area is 165 Å². The summed E-state index contributed by atoms with van der Waals surface area (Å²) in [6.45, 7) is 0. The minimum absolute atomic E-state index is 0.0444. The molecule has 3 heteroatoms. The van der Waals surface area contributed by atoms with Crippen LogP contribution < -0.4 is 5.43 Å². The summed E-state index contributed by atoms with van der Waals surface area (Å²) in [5.41, 5.74) is 5.89. The summed E-state index contributed by atoms with van der Waals surface area (Å²) in [5, 5.41) is 4.09. The summed E-state index contributed by atoms with van der Waals surface area (Å²) < 4.78 is 0. The molecule has 0 bridgehead atoms. The Kier molecular flexibility index (Phi) is 5.16. The van der Waals surface area contributed by atoms with Crippen molar-refractivity contribution in [1.82, 2.24) is 5.43 Å². The molecule has 0 aliphatic heterocycles. The highest BCUT2D eigenvalue weighted by atomic mass is 16.2. The van der Waals surface area contributed by atoms with Gasteiger partial charge >= 0.3 is 0 Å². The van der Waals surface area contributed by atoms with Gasteiger partial charge in [0.05, 0.1) is 5.92 Å². The van der Waals surface area contributed by atoms with Crippen molar-refractivity contribution >= 4 is 18.2 Å². The van der Waals surface area contributed by atoms with Crippen LogP contribution >= 0.6 is 0 Å². The van der Waals surface area contributed by atoms with Gasteiger partial charge in [-0.05, 0) is 29.2 Å². The van der Waals surface area contributed by atoms with Crippen LogP contribution in [0.2, 0.25) is 0 Å². The molecule has 0 heterocycles. The summed E-state index contributed by atoms with van der Waals surface area (Å²) in [6.07, 6.45) is 6.18. The quantitative estimate of drug-likeness (QED) is 0.494. The van der Waals surface area contributed by atoms with Crippen LogP contribution in [0.3, 0.4) is 0 Å². The Bertz CT molecular complexity index is 939. The zero-order chi connectivity index (χ0) is 19.2. The van der Waals surface area contributed by atoms with Gasteiger partial charge in [0.2, 0.25) is 5.91 Å². The Hall–Kier alpha value is -3.46. The van der Waals surface area contributed by atoms with Crippen molar-refractivity contribution in [3.63, 3.8) is 0 Å². The lowest BCUT2D eigenvalue weighted by Gasteiger charge is -2.18. The van der Waals surface area contributed by atoms with Crippen LogP contribution in [0.4, 0.5) is 0 Å². The fraction of sp³-hybridized carbons (Fsp3) is 0.120. The monoisotopic (exact) mass is 366 g/mol. The van der Waals surface area contributed by atoms with E-state index in [0.717, 1.165) is 12.0 Å².